The van der Waals surface area contributed by atoms with E-state index < -0.39 is 208 Å². The highest BCUT2D eigenvalue weighted by Crippen LogP contribution is 2.44. The molecular formula is C86H153N7O27S. The number of hydrogen-bond acceptors (Lipinski definition) is 33. The van der Waals surface area contributed by atoms with E-state index in [0.717, 1.165) is 6.26 Å². The molecule has 8 rings (SSSR count). The number of rotatable bonds is 21. The lowest BCUT2D eigenvalue weighted by Gasteiger charge is -2.49. The molecule has 6 aliphatic rings. The van der Waals surface area contributed by atoms with Crippen LogP contribution in [0.15, 0.2) is 35.4 Å². The number of aliphatic hydroxyl groups excluding tert-OH is 6. The number of aliphatic hydroxyl groups is 10. The molecule has 1 aromatic heterocycles. The molecule has 36 atom stereocenters. The van der Waals surface area contributed by atoms with Gasteiger partial charge in [-0.25, -0.2) is 8.42 Å². The third-order valence-electron chi connectivity index (χ3n) is 27.0. The Labute approximate surface area is 718 Å². The summed E-state index contributed by atoms with van der Waals surface area (Å²) in [5, 5.41) is 129. The molecule has 6 aliphatic heterocycles. The van der Waals surface area contributed by atoms with Crippen LogP contribution in [0.3, 0.4) is 0 Å². The Morgan fingerprint density at radius 2 is 1.00 bits per heavy atom. The number of ether oxygens (including phenoxy) is 13. The molecule has 0 bridgehead atoms. The first-order chi connectivity index (χ1) is 56.1. The van der Waals surface area contributed by atoms with E-state index in [-0.39, 0.29) is 80.1 Å². The van der Waals surface area contributed by atoms with Crippen molar-refractivity contribution in [3.63, 3.8) is 0 Å². The molecule has 1 aromatic carbocycles. The van der Waals surface area contributed by atoms with Gasteiger partial charge in [-0.1, -0.05) is 46.8 Å². The Kier molecular flexibility index (Phi) is 37.0. The van der Waals surface area contributed by atoms with E-state index in [1.807, 2.05) is 70.5 Å². The van der Waals surface area contributed by atoms with Crippen LogP contribution in [-0.2, 0) is 89.4 Å². The summed E-state index contributed by atoms with van der Waals surface area (Å²) < 4.78 is 107. The summed E-state index contributed by atoms with van der Waals surface area (Å²) in [5.74, 6) is -4.95. The Morgan fingerprint density at radius 1 is 0.587 bits per heavy atom. The molecule has 2 aromatic rings. The first-order valence-corrected chi connectivity index (χ1v) is 45.3. The highest BCUT2D eigenvalue weighted by atomic mass is 32.2. The van der Waals surface area contributed by atoms with E-state index in [9.17, 15) is 69.1 Å². The van der Waals surface area contributed by atoms with Crippen molar-refractivity contribution < 1.29 is 131 Å². The van der Waals surface area contributed by atoms with Gasteiger partial charge in [0.1, 0.15) is 78.1 Å². The van der Waals surface area contributed by atoms with E-state index in [1.165, 1.54) is 40.2 Å². The number of likely N-dealkylation sites (N-methyl/N-ethyl adjacent to an activating group) is 4. The molecule has 700 valence electrons. The second kappa shape index (κ2) is 43.0. The van der Waals surface area contributed by atoms with Gasteiger partial charge in [-0.05, 0) is 200 Å². The fourth-order valence-electron chi connectivity index (χ4n) is 19.1. The third-order valence-corrected chi connectivity index (χ3v) is 28.1. The molecule has 0 saturated carbocycles. The quantitative estimate of drug-likeness (QED) is 0.0783. The molecule has 7 heterocycles. The third kappa shape index (κ3) is 25.6. The molecule has 0 radical (unpaired) electrons. The number of methoxy groups -OCH3 is 2. The van der Waals surface area contributed by atoms with Crippen molar-refractivity contribution in [1.29, 1.82) is 0 Å². The summed E-state index contributed by atoms with van der Waals surface area (Å²) in [5.41, 5.74) is -8.38. The van der Waals surface area contributed by atoms with Crippen molar-refractivity contribution in [2.45, 2.75) is 388 Å². The lowest BCUT2D eigenvalue weighted by Crippen LogP contribution is -2.61. The normalized spacial score (nSPS) is 44.3. The average Bonchev–Trinajstić information content (AvgIpc) is 1.65. The van der Waals surface area contributed by atoms with Crippen LogP contribution in [0.5, 0.6) is 5.75 Å². The average molecular weight is 1750 g/mol. The maximum atomic E-state index is 14.5. The topological polar surface area (TPSA) is 443 Å². The van der Waals surface area contributed by atoms with Crippen molar-refractivity contribution in [3.8, 4) is 5.75 Å². The van der Waals surface area contributed by atoms with Crippen molar-refractivity contribution in [2.24, 2.45) is 35.5 Å². The Morgan fingerprint density at radius 3 is 1.40 bits per heavy atom. The number of hydrogen-bond donors (Lipinski definition) is 11. The van der Waals surface area contributed by atoms with Crippen LogP contribution in [-0.4, -0.2) is 350 Å². The minimum Gasteiger partial charge on any atom is -0.487 e. The van der Waals surface area contributed by atoms with Crippen LogP contribution in [0, 0.1) is 35.5 Å². The number of esters is 2. The zero-order valence-electron chi connectivity index (χ0n) is 76.9. The highest BCUT2D eigenvalue weighted by Gasteiger charge is 2.57. The molecular weight excluding hydrogens is 1600 g/mol. The highest BCUT2D eigenvalue weighted by molar-refractivity contribution is 7.90. The lowest BCUT2D eigenvalue weighted by atomic mass is 9.77. The number of benzene rings is 1. The minimum absolute atomic E-state index is 0.0880. The second-order valence-corrected chi connectivity index (χ2v) is 39.7. The van der Waals surface area contributed by atoms with Gasteiger partial charge in [0.2, 0.25) is 0 Å². The molecule has 11 N–H and O–H groups in total. The van der Waals surface area contributed by atoms with Gasteiger partial charge < -0.3 is 128 Å². The van der Waals surface area contributed by atoms with Gasteiger partial charge in [0.05, 0.1) is 101 Å². The van der Waals surface area contributed by atoms with Crippen LogP contribution in [0.25, 0.3) is 0 Å². The van der Waals surface area contributed by atoms with E-state index in [4.69, 9.17) is 61.6 Å². The predicted octanol–water partition coefficient (Wildman–Crippen LogP) is 4.10. The fraction of sp³-hybridized carbons (Fsp3) is 0.884. The number of carbonyl (C=O) groups is 2. The standard InChI is InChI=1S/C49H83N5O15S.C37H70N2O12/c1-15-38-49(10,60)42(56)32(6)53(12)25-28(2)23-47(8,59)44(30(4)41(31(5)45(58)67-38)68-39-24-48(9,63-13)43(57)33(7)66-39)69-46-40(55)37(22-29(3)65-46)52(11)20-21-54-26-34(50-51-54)27-64-35-16-18-36(19-17-35)70(14,61)62;1-14-26-37(10,45)30(41)23(6)39(12)18-19(2)16-35(8,44)32(51-34-28(40)25(38-11)15-20(3)47-34)21(4)29(22(5)33(43)49-26)50-27-17-36(9,46-13)31(42)24(7)48-27/h16-19,26,28-33,37-44,46,55-57,59-60H,15,20-25,27H2,1-14H3;19-32,34,38,40-42,44-45H,14-18H2,1-13H3/t28-,29-,30+,31-,32-,33+,37+,38-,39+,40-,41+,42-,43+,44-,46+,47-,48-,49-;19-,20-,21+,22-,23-,24+,25+,26-,27+,28-,29+,30-,31+,32-,34+,35-,36-,37-/m11/s1. The summed E-state index contributed by atoms with van der Waals surface area (Å²) in [6.45, 7) is 36.8. The first kappa shape index (κ1) is 104. The van der Waals surface area contributed by atoms with Crippen molar-refractivity contribution >= 4 is 21.8 Å². The summed E-state index contributed by atoms with van der Waals surface area (Å²) >= 11 is 0. The van der Waals surface area contributed by atoms with E-state index in [0.29, 0.717) is 50.5 Å². The van der Waals surface area contributed by atoms with E-state index >= 15 is 0 Å². The van der Waals surface area contributed by atoms with Gasteiger partial charge in [0.25, 0.3) is 0 Å². The number of carbonyl (C=O) groups excluding carboxylic acids is 2. The summed E-state index contributed by atoms with van der Waals surface area (Å²) in [6.07, 6.45) is -14.7. The Balaban J connectivity index is 0.000000351. The van der Waals surface area contributed by atoms with Crippen molar-refractivity contribution in [3.05, 3.63) is 36.2 Å². The second-order valence-electron chi connectivity index (χ2n) is 37.7. The molecule has 34 nitrogen and oxygen atoms in total. The number of aromatic nitrogens is 3. The summed E-state index contributed by atoms with van der Waals surface area (Å²) in [6, 6.07) is 4.22. The number of nitrogens with one attached hydrogen (secondary N) is 1. The lowest BCUT2D eigenvalue weighted by molar-refractivity contribution is -0.318. The van der Waals surface area contributed by atoms with Crippen LogP contribution < -0.4 is 10.1 Å². The van der Waals surface area contributed by atoms with Crippen molar-refractivity contribution in [2.75, 3.05) is 68.3 Å². The van der Waals surface area contributed by atoms with Crippen LogP contribution in [0.2, 0.25) is 0 Å². The summed E-state index contributed by atoms with van der Waals surface area (Å²) in [7, 11) is 6.97. The maximum Gasteiger partial charge on any atom is 0.311 e. The molecule has 0 unspecified atom stereocenters. The van der Waals surface area contributed by atoms with Gasteiger partial charge >= 0.3 is 11.9 Å². The molecule has 6 saturated heterocycles. The fourth-order valence-corrected chi connectivity index (χ4v) is 19.7. The van der Waals surface area contributed by atoms with Gasteiger partial charge in [-0.3, -0.25) is 19.2 Å². The first-order valence-electron chi connectivity index (χ1n) is 43.4. The smallest absolute Gasteiger partial charge is 0.311 e. The van der Waals surface area contributed by atoms with E-state index in [1.54, 1.807) is 120 Å². The zero-order chi connectivity index (χ0) is 91.1. The monoisotopic (exact) mass is 1750 g/mol. The van der Waals surface area contributed by atoms with Gasteiger partial charge in [-0.15, -0.1) is 5.10 Å². The summed E-state index contributed by atoms with van der Waals surface area (Å²) in [4.78, 5) is 34.6. The number of cyclic esters (lactones) is 2. The molecule has 0 amide bonds. The number of nitrogens with zero attached hydrogens (tertiary/aromatic N) is 6. The molecule has 6 fully saturated rings. The maximum absolute atomic E-state index is 14.5. The Hall–Kier alpha value is -3.91. The van der Waals surface area contributed by atoms with Crippen LogP contribution in [0.4, 0.5) is 0 Å². The number of sulfone groups is 1. The van der Waals surface area contributed by atoms with Crippen molar-refractivity contribution in [1.82, 2.24) is 35.0 Å². The SMILES string of the molecule is CC[C@H]1OC(=O)[C@H](C)[C@@H](O[C@H]2C[C@@](C)(OC)[C@@H](O)[C@H](C)O2)[C@H](C)[C@@H](O[C@@H]2O[C@H](C)C[C@H](N(C)CCn3cc(COc4ccc(S(C)(=O)=O)cc4)nn3)[C@H]2O)[C@](C)(O)C[C@@H](C)CN(C)[C@H](C)[C@@H](O)[C@]1(C)O.CC[C@H]1OC(=O)[C@H](C)[C@@H](O[C@H]2C[C@@](C)(OC)[C@@H](O)[C@H](C)O2)[C@H](C)[C@@H](O[C@@H]2O[C@H](C)C[C@H](NC)[C@H]2O)[C@](C)(O)C[C@@H](C)CN(C)[C@H](C)[C@@H](O)[C@]1(C)O. The largest absolute Gasteiger partial charge is 0.487 e. The molecule has 0 aliphatic carbocycles. The van der Waals surface area contributed by atoms with Gasteiger partial charge in [0, 0.05) is 89.0 Å². The zero-order valence-corrected chi connectivity index (χ0v) is 77.7. The van der Waals surface area contributed by atoms with Gasteiger partial charge in [0.15, 0.2) is 35.0 Å². The van der Waals surface area contributed by atoms with Crippen LogP contribution >= 0.6 is 0 Å². The molecule has 121 heavy (non-hydrogen) atoms. The van der Waals surface area contributed by atoms with E-state index in [2.05, 4.69) is 15.6 Å². The van der Waals surface area contributed by atoms with Gasteiger partial charge in [-0.2, -0.15) is 0 Å². The Bertz CT molecular complexity index is 3650. The minimum atomic E-state index is -3.34. The van der Waals surface area contributed by atoms with Crippen LogP contribution in [0.1, 0.15) is 196 Å². The predicted molar refractivity (Wildman–Crippen MR) is 447 cm³/mol. The molecule has 35 heteroatoms. The molecule has 0 spiro atoms.